The van der Waals surface area contributed by atoms with Gasteiger partial charge in [-0.05, 0) is 36.5 Å². The molecule has 0 spiro atoms. The molecule has 1 aliphatic carbocycles. The third kappa shape index (κ3) is 1.91. The Balaban J connectivity index is 2.28. The maximum absolute atomic E-state index is 12.9. The van der Waals surface area contributed by atoms with E-state index in [0.29, 0.717) is 11.5 Å². The number of hydrazine groups is 1. The SMILES string of the molecule is NNC(c1cc(F)cc(F)c1)C1CC1. The van der Waals surface area contributed by atoms with Gasteiger partial charge in [-0.3, -0.25) is 11.3 Å². The summed E-state index contributed by atoms with van der Waals surface area (Å²) in [6.07, 6.45) is 2.12. The summed E-state index contributed by atoms with van der Waals surface area (Å²) in [7, 11) is 0. The van der Waals surface area contributed by atoms with Crippen molar-refractivity contribution in [2.45, 2.75) is 18.9 Å². The average molecular weight is 198 g/mol. The van der Waals surface area contributed by atoms with Crippen LogP contribution >= 0.6 is 0 Å². The summed E-state index contributed by atoms with van der Waals surface area (Å²) in [5, 5.41) is 0. The number of benzene rings is 1. The number of rotatable bonds is 3. The quantitative estimate of drug-likeness (QED) is 0.575. The van der Waals surface area contributed by atoms with Crippen molar-refractivity contribution in [3.8, 4) is 0 Å². The van der Waals surface area contributed by atoms with Crippen LogP contribution in [0, 0.1) is 17.6 Å². The van der Waals surface area contributed by atoms with Crippen molar-refractivity contribution in [1.82, 2.24) is 5.43 Å². The highest BCUT2D eigenvalue weighted by Crippen LogP contribution is 2.40. The lowest BCUT2D eigenvalue weighted by molar-refractivity contribution is 0.486. The highest BCUT2D eigenvalue weighted by atomic mass is 19.1. The summed E-state index contributed by atoms with van der Waals surface area (Å²) in [4.78, 5) is 0. The maximum Gasteiger partial charge on any atom is 0.126 e. The first-order valence-electron chi connectivity index (χ1n) is 4.63. The van der Waals surface area contributed by atoms with Gasteiger partial charge in [0.1, 0.15) is 11.6 Å². The molecule has 4 heteroatoms. The van der Waals surface area contributed by atoms with Gasteiger partial charge in [0.2, 0.25) is 0 Å². The highest BCUT2D eigenvalue weighted by molar-refractivity contribution is 5.23. The van der Waals surface area contributed by atoms with Crippen LogP contribution in [0.2, 0.25) is 0 Å². The lowest BCUT2D eigenvalue weighted by Gasteiger charge is -2.15. The first kappa shape index (κ1) is 9.55. The topological polar surface area (TPSA) is 38.0 Å². The fourth-order valence-corrected chi connectivity index (χ4v) is 1.69. The van der Waals surface area contributed by atoms with Crippen LogP contribution in [0.5, 0.6) is 0 Å². The van der Waals surface area contributed by atoms with Crippen LogP contribution in [0.25, 0.3) is 0 Å². The Morgan fingerprint density at radius 3 is 2.21 bits per heavy atom. The fourth-order valence-electron chi connectivity index (χ4n) is 1.69. The lowest BCUT2D eigenvalue weighted by atomic mass is 10.0. The van der Waals surface area contributed by atoms with Gasteiger partial charge in [-0.25, -0.2) is 8.78 Å². The number of nitrogens with two attached hydrogens (primary N) is 1. The van der Waals surface area contributed by atoms with Crippen molar-refractivity contribution in [3.05, 3.63) is 35.4 Å². The first-order chi connectivity index (χ1) is 6.70. The van der Waals surface area contributed by atoms with Gasteiger partial charge in [-0.2, -0.15) is 0 Å². The minimum Gasteiger partial charge on any atom is -0.271 e. The second-order valence-corrected chi connectivity index (χ2v) is 3.68. The lowest BCUT2D eigenvalue weighted by Crippen LogP contribution is -2.29. The molecule has 0 radical (unpaired) electrons. The van der Waals surface area contributed by atoms with Crippen LogP contribution in [-0.2, 0) is 0 Å². The van der Waals surface area contributed by atoms with E-state index in [1.807, 2.05) is 0 Å². The minimum absolute atomic E-state index is 0.125. The van der Waals surface area contributed by atoms with Gasteiger partial charge in [-0.1, -0.05) is 0 Å². The normalized spacial score (nSPS) is 18.2. The molecular weight excluding hydrogens is 186 g/mol. The second-order valence-electron chi connectivity index (χ2n) is 3.68. The van der Waals surface area contributed by atoms with Crippen molar-refractivity contribution in [1.29, 1.82) is 0 Å². The molecule has 0 amide bonds. The smallest absolute Gasteiger partial charge is 0.126 e. The molecule has 1 unspecified atom stereocenters. The highest BCUT2D eigenvalue weighted by Gasteiger charge is 2.31. The summed E-state index contributed by atoms with van der Waals surface area (Å²) in [6.45, 7) is 0. The van der Waals surface area contributed by atoms with Crippen molar-refractivity contribution in [2.24, 2.45) is 11.8 Å². The van der Waals surface area contributed by atoms with Crippen LogP contribution in [0.3, 0.4) is 0 Å². The van der Waals surface area contributed by atoms with Gasteiger partial charge < -0.3 is 0 Å². The van der Waals surface area contributed by atoms with Crippen molar-refractivity contribution < 1.29 is 8.78 Å². The summed E-state index contributed by atoms with van der Waals surface area (Å²) < 4.78 is 25.8. The zero-order chi connectivity index (χ0) is 10.1. The molecular formula is C10H12F2N2. The molecule has 1 aliphatic rings. The van der Waals surface area contributed by atoms with Crippen molar-refractivity contribution in [3.63, 3.8) is 0 Å². The molecule has 1 fully saturated rings. The van der Waals surface area contributed by atoms with E-state index in [1.54, 1.807) is 0 Å². The van der Waals surface area contributed by atoms with Gasteiger partial charge in [0.05, 0.1) is 0 Å². The van der Waals surface area contributed by atoms with E-state index in [-0.39, 0.29) is 6.04 Å². The van der Waals surface area contributed by atoms with Crippen LogP contribution in [0.15, 0.2) is 18.2 Å². The molecule has 1 atom stereocenters. The maximum atomic E-state index is 12.9. The molecule has 0 saturated heterocycles. The summed E-state index contributed by atoms with van der Waals surface area (Å²) >= 11 is 0. The van der Waals surface area contributed by atoms with E-state index >= 15 is 0 Å². The van der Waals surface area contributed by atoms with Gasteiger partial charge in [0.25, 0.3) is 0 Å². The van der Waals surface area contributed by atoms with Crippen LogP contribution in [-0.4, -0.2) is 0 Å². The third-order valence-electron chi connectivity index (χ3n) is 2.52. The Morgan fingerprint density at radius 2 is 1.79 bits per heavy atom. The molecule has 1 aromatic rings. The second kappa shape index (κ2) is 3.63. The Kier molecular flexibility index (Phi) is 2.48. The largest absolute Gasteiger partial charge is 0.271 e. The summed E-state index contributed by atoms with van der Waals surface area (Å²) in [5.41, 5.74) is 3.19. The molecule has 2 nitrogen and oxygen atoms in total. The number of nitrogens with one attached hydrogen (secondary N) is 1. The van der Waals surface area contributed by atoms with Crippen LogP contribution < -0.4 is 11.3 Å². The third-order valence-corrected chi connectivity index (χ3v) is 2.52. The van der Waals surface area contributed by atoms with Gasteiger partial charge in [0, 0.05) is 12.1 Å². The molecule has 0 aromatic heterocycles. The Bertz CT molecular complexity index is 317. The van der Waals surface area contributed by atoms with Gasteiger partial charge in [0.15, 0.2) is 0 Å². The zero-order valence-electron chi connectivity index (χ0n) is 7.63. The first-order valence-corrected chi connectivity index (χ1v) is 4.63. The van der Waals surface area contributed by atoms with Gasteiger partial charge >= 0.3 is 0 Å². The van der Waals surface area contributed by atoms with E-state index in [4.69, 9.17) is 5.84 Å². The van der Waals surface area contributed by atoms with Crippen LogP contribution in [0.4, 0.5) is 8.78 Å². The average Bonchev–Trinajstić information content (AvgIpc) is 2.87. The number of halogens is 2. The van der Waals surface area contributed by atoms with Crippen LogP contribution in [0.1, 0.15) is 24.4 Å². The molecule has 0 bridgehead atoms. The molecule has 14 heavy (non-hydrogen) atoms. The minimum atomic E-state index is -0.555. The van der Waals surface area contributed by atoms with Crippen molar-refractivity contribution >= 4 is 0 Å². The number of hydrogen-bond donors (Lipinski definition) is 2. The Morgan fingerprint density at radius 1 is 1.21 bits per heavy atom. The number of hydrogen-bond acceptors (Lipinski definition) is 2. The predicted molar refractivity (Wildman–Crippen MR) is 49.1 cm³/mol. The van der Waals surface area contributed by atoms with E-state index in [2.05, 4.69) is 5.43 Å². The molecule has 1 aromatic carbocycles. The van der Waals surface area contributed by atoms with E-state index < -0.39 is 11.6 Å². The molecule has 76 valence electrons. The molecule has 3 N–H and O–H groups in total. The molecule has 0 aliphatic heterocycles. The zero-order valence-corrected chi connectivity index (χ0v) is 7.63. The Labute approximate surface area is 81.1 Å². The standard InChI is InChI=1S/C10H12F2N2/c11-8-3-7(4-9(12)5-8)10(14-13)6-1-2-6/h3-6,10,14H,1-2,13H2. The van der Waals surface area contributed by atoms with E-state index in [1.165, 1.54) is 12.1 Å². The van der Waals surface area contributed by atoms with Gasteiger partial charge in [-0.15, -0.1) is 0 Å². The molecule has 1 saturated carbocycles. The van der Waals surface area contributed by atoms with Crippen molar-refractivity contribution in [2.75, 3.05) is 0 Å². The van der Waals surface area contributed by atoms with E-state index in [0.717, 1.165) is 18.9 Å². The Hall–Kier alpha value is -1.00. The summed E-state index contributed by atoms with van der Waals surface area (Å²) in [6, 6.07) is 3.39. The molecule has 0 heterocycles. The fraction of sp³-hybridized carbons (Fsp3) is 0.400. The monoisotopic (exact) mass is 198 g/mol. The molecule has 2 rings (SSSR count). The van der Waals surface area contributed by atoms with E-state index in [9.17, 15) is 8.78 Å². The summed E-state index contributed by atoms with van der Waals surface area (Å²) in [5.74, 6) is 4.66. The predicted octanol–water partition coefficient (Wildman–Crippen LogP) is 1.88.